The molecule has 0 bridgehead atoms. The van der Waals surface area contributed by atoms with Gasteiger partial charge in [-0.05, 0) is 26.5 Å². The van der Waals surface area contributed by atoms with Crippen LogP contribution in [-0.2, 0) is 6.42 Å². The molecule has 4 heteroatoms. The van der Waals surface area contributed by atoms with Gasteiger partial charge in [0.05, 0.1) is 5.01 Å². The fourth-order valence-electron chi connectivity index (χ4n) is 2.14. The number of nitrogens with zero attached hydrogens (tertiary/aromatic N) is 1. The van der Waals surface area contributed by atoms with Crippen molar-refractivity contribution in [3.8, 4) is 0 Å². The van der Waals surface area contributed by atoms with Crippen molar-refractivity contribution < 1.29 is 4.39 Å². The monoisotopic (exact) mass is 278 g/mol. The summed E-state index contributed by atoms with van der Waals surface area (Å²) < 4.78 is 14.0. The third-order valence-electron chi connectivity index (χ3n) is 3.02. The second-order valence-corrected chi connectivity index (χ2v) is 5.66. The number of rotatable bonds is 5. The highest BCUT2D eigenvalue weighted by molar-refractivity contribution is 7.09. The molecule has 0 aliphatic rings. The predicted molar refractivity (Wildman–Crippen MR) is 78.1 cm³/mol. The highest BCUT2D eigenvalue weighted by atomic mass is 32.1. The lowest BCUT2D eigenvalue weighted by Crippen LogP contribution is -2.24. The first-order chi connectivity index (χ1) is 9.10. The first-order valence-electron chi connectivity index (χ1n) is 6.50. The zero-order chi connectivity index (χ0) is 13.8. The summed E-state index contributed by atoms with van der Waals surface area (Å²) in [7, 11) is 0. The van der Waals surface area contributed by atoms with Crippen LogP contribution in [0.15, 0.2) is 23.6 Å². The Labute approximate surface area is 117 Å². The van der Waals surface area contributed by atoms with E-state index in [2.05, 4.69) is 10.3 Å². The molecule has 2 rings (SSSR count). The summed E-state index contributed by atoms with van der Waals surface area (Å²) in [5.41, 5.74) is 2.84. The van der Waals surface area contributed by atoms with E-state index < -0.39 is 0 Å². The molecular weight excluding hydrogens is 259 g/mol. The summed E-state index contributed by atoms with van der Waals surface area (Å²) in [5.74, 6) is -0.148. The molecule has 1 N–H and O–H groups in total. The number of aromatic nitrogens is 1. The summed E-state index contributed by atoms with van der Waals surface area (Å²) in [5, 5.41) is 6.43. The Morgan fingerprint density at radius 3 is 2.79 bits per heavy atom. The Morgan fingerprint density at radius 1 is 1.37 bits per heavy atom. The molecule has 1 heterocycles. The lowest BCUT2D eigenvalue weighted by atomic mass is 10.0. The Morgan fingerprint density at radius 2 is 2.16 bits per heavy atom. The maximum atomic E-state index is 14.0. The van der Waals surface area contributed by atoms with Gasteiger partial charge in [0, 0.05) is 29.1 Å². The van der Waals surface area contributed by atoms with Crippen LogP contribution in [0.1, 0.15) is 34.8 Å². The number of aryl methyl sites for hydroxylation is 2. The summed E-state index contributed by atoms with van der Waals surface area (Å²) in [4.78, 5) is 4.47. The lowest BCUT2D eigenvalue weighted by molar-refractivity contribution is 0.508. The van der Waals surface area contributed by atoms with Gasteiger partial charge in [-0.1, -0.05) is 24.6 Å². The van der Waals surface area contributed by atoms with Crippen molar-refractivity contribution in [1.82, 2.24) is 10.3 Å². The van der Waals surface area contributed by atoms with E-state index in [1.807, 2.05) is 32.2 Å². The van der Waals surface area contributed by atoms with Gasteiger partial charge in [-0.25, -0.2) is 9.37 Å². The second kappa shape index (κ2) is 6.26. The number of halogens is 1. The van der Waals surface area contributed by atoms with E-state index in [9.17, 15) is 4.39 Å². The first kappa shape index (κ1) is 14.2. The number of benzene rings is 1. The minimum absolute atomic E-state index is 0.0181. The van der Waals surface area contributed by atoms with Gasteiger partial charge in [0.1, 0.15) is 5.82 Å². The smallest absolute Gasteiger partial charge is 0.128 e. The molecule has 0 amide bonds. The Balaban J connectivity index is 2.26. The van der Waals surface area contributed by atoms with Crippen LogP contribution in [0, 0.1) is 19.7 Å². The molecule has 19 heavy (non-hydrogen) atoms. The van der Waals surface area contributed by atoms with E-state index in [-0.39, 0.29) is 11.9 Å². The topological polar surface area (TPSA) is 24.9 Å². The van der Waals surface area contributed by atoms with Crippen LogP contribution in [0.2, 0.25) is 0 Å². The molecule has 1 aromatic carbocycles. The molecular formula is C15H19FN2S. The van der Waals surface area contributed by atoms with Crippen molar-refractivity contribution >= 4 is 11.3 Å². The van der Waals surface area contributed by atoms with E-state index in [1.54, 1.807) is 23.5 Å². The van der Waals surface area contributed by atoms with Gasteiger partial charge < -0.3 is 5.32 Å². The molecule has 0 saturated heterocycles. The third-order valence-corrected chi connectivity index (χ3v) is 4.01. The molecule has 0 saturated carbocycles. The number of thiazole rings is 1. The number of nitrogens with one attached hydrogen (secondary N) is 1. The van der Waals surface area contributed by atoms with Gasteiger partial charge >= 0.3 is 0 Å². The Hall–Kier alpha value is -1.26. The maximum absolute atomic E-state index is 14.0. The molecule has 1 unspecified atom stereocenters. The number of hydrogen-bond acceptors (Lipinski definition) is 3. The third kappa shape index (κ3) is 3.61. The molecule has 2 aromatic rings. The Bertz CT molecular complexity index is 551. The fourth-order valence-corrected chi connectivity index (χ4v) is 2.96. The van der Waals surface area contributed by atoms with Crippen LogP contribution in [0.4, 0.5) is 4.39 Å². The highest BCUT2D eigenvalue weighted by Crippen LogP contribution is 2.24. The fraction of sp³-hybridized carbons (Fsp3) is 0.400. The summed E-state index contributed by atoms with van der Waals surface area (Å²) in [6, 6.07) is 5.25. The van der Waals surface area contributed by atoms with Gasteiger partial charge in [0.15, 0.2) is 0 Å². The highest BCUT2D eigenvalue weighted by Gasteiger charge is 2.17. The van der Waals surface area contributed by atoms with Crippen LogP contribution >= 0.6 is 11.3 Å². The van der Waals surface area contributed by atoms with Crippen molar-refractivity contribution in [2.75, 3.05) is 6.54 Å². The van der Waals surface area contributed by atoms with Gasteiger partial charge in [0.25, 0.3) is 0 Å². The van der Waals surface area contributed by atoms with Crippen molar-refractivity contribution in [1.29, 1.82) is 0 Å². The average Bonchev–Trinajstić information content (AvgIpc) is 2.77. The van der Waals surface area contributed by atoms with E-state index in [0.717, 1.165) is 34.8 Å². The minimum atomic E-state index is -0.148. The summed E-state index contributed by atoms with van der Waals surface area (Å²) in [6.45, 7) is 6.81. The molecule has 0 radical (unpaired) electrons. The van der Waals surface area contributed by atoms with Gasteiger partial charge in [0.2, 0.25) is 0 Å². The van der Waals surface area contributed by atoms with Gasteiger partial charge in [-0.3, -0.25) is 0 Å². The first-order valence-corrected chi connectivity index (χ1v) is 7.38. The second-order valence-electron chi connectivity index (χ2n) is 4.72. The molecule has 102 valence electrons. The van der Waals surface area contributed by atoms with Crippen LogP contribution < -0.4 is 5.32 Å². The minimum Gasteiger partial charge on any atom is -0.310 e. The number of hydrogen-bond donors (Lipinski definition) is 1. The molecule has 0 aliphatic carbocycles. The quantitative estimate of drug-likeness (QED) is 0.900. The van der Waals surface area contributed by atoms with Crippen molar-refractivity contribution in [3.63, 3.8) is 0 Å². The summed E-state index contributed by atoms with van der Waals surface area (Å²) >= 11 is 1.63. The van der Waals surface area contributed by atoms with Crippen LogP contribution in [0.3, 0.4) is 0 Å². The maximum Gasteiger partial charge on any atom is 0.128 e. The normalized spacial score (nSPS) is 12.6. The lowest BCUT2D eigenvalue weighted by Gasteiger charge is -2.18. The zero-order valence-corrected chi connectivity index (χ0v) is 12.4. The van der Waals surface area contributed by atoms with Crippen LogP contribution in [0.5, 0.6) is 0 Å². The molecule has 1 atom stereocenters. The molecule has 0 fully saturated rings. The van der Waals surface area contributed by atoms with E-state index in [0.29, 0.717) is 0 Å². The largest absolute Gasteiger partial charge is 0.310 e. The van der Waals surface area contributed by atoms with Gasteiger partial charge in [-0.15, -0.1) is 11.3 Å². The molecule has 2 nitrogen and oxygen atoms in total. The predicted octanol–water partition coefficient (Wildman–Crippen LogP) is 3.79. The van der Waals surface area contributed by atoms with E-state index in [1.165, 1.54) is 0 Å². The van der Waals surface area contributed by atoms with Crippen molar-refractivity contribution in [2.24, 2.45) is 0 Å². The molecule has 0 aliphatic heterocycles. The molecule has 1 aromatic heterocycles. The van der Waals surface area contributed by atoms with Crippen molar-refractivity contribution in [2.45, 2.75) is 33.2 Å². The van der Waals surface area contributed by atoms with E-state index >= 15 is 0 Å². The van der Waals surface area contributed by atoms with Crippen molar-refractivity contribution in [3.05, 3.63) is 51.2 Å². The standard InChI is InChI=1S/C15H19FN2S/c1-4-17-14(8-15-18-11(3)9-19-15)12-7-10(2)5-6-13(12)16/h5-7,9,14,17H,4,8H2,1-3H3. The Kier molecular flexibility index (Phi) is 4.66. The average molecular weight is 278 g/mol. The zero-order valence-electron chi connectivity index (χ0n) is 11.5. The van der Waals surface area contributed by atoms with Crippen LogP contribution in [0.25, 0.3) is 0 Å². The van der Waals surface area contributed by atoms with Gasteiger partial charge in [-0.2, -0.15) is 0 Å². The molecule has 0 spiro atoms. The SMILES string of the molecule is CCNC(Cc1nc(C)cs1)c1cc(C)ccc1F. The van der Waals surface area contributed by atoms with Crippen LogP contribution in [-0.4, -0.2) is 11.5 Å². The number of likely N-dealkylation sites (N-methyl/N-ethyl adjacent to an activating group) is 1. The van der Waals surface area contributed by atoms with E-state index in [4.69, 9.17) is 0 Å². The summed E-state index contributed by atoms with van der Waals surface area (Å²) in [6.07, 6.45) is 0.729.